The van der Waals surface area contributed by atoms with Gasteiger partial charge >= 0.3 is 0 Å². The maximum Gasteiger partial charge on any atom is 0.156 e. The molecule has 0 saturated heterocycles. The second-order valence-electron chi connectivity index (χ2n) is 11.8. The molecule has 4 aliphatic rings. The monoisotopic (exact) mass is 473 g/mol. The molecule has 0 bridgehead atoms. The molecule has 1 aromatic carbocycles. The Bertz CT molecular complexity index is 1090. The van der Waals surface area contributed by atoms with E-state index >= 15 is 0 Å². The van der Waals surface area contributed by atoms with E-state index < -0.39 is 0 Å². The SMILES string of the molecule is C#CC.CC(C)c1ccc(C2CC3(C)C(O)CCC3C3CCC4=CC(=O)CCC4=C23)cc1N(C)C. The van der Waals surface area contributed by atoms with Crippen molar-refractivity contribution in [3.8, 4) is 12.3 Å². The fourth-order valence-corrected chi connectivity index (χ4v) is 7.58. The smallest absolute Gasteiger partial charge is 0.156 e. The maximum atomic E-state index is 12.2. The Morgan fingerprint density at radius 3 is 2.51 bits per heavy atom. The summed E-state index contributed by atoms with van der Waals surface area (Å²) in [6.45, 7) is 8.54. The number of fused-ring (bicyclic) bond motifs is 4. The van der Waals surface area contributed by atoms with Crippen LogP contribution in [0.2, 0.25) is 0 Å². The van der Waals surface area contributed by atoms with Crippen LogP contribution in [-0.2, 0) is 4.79 Å². The van der Waals surface area contributed by atoms with Crippen LogP contribution in [0.25, 0.3) is 0 Å². The van der Waals surface area contributed by atoms with Crippen molar-refractivity contribution in [3.63, 3.8) is 0 Å². The van der Waals surface area contributed by atoms with E-state index in [1.165, 1.54) is 28.0 Å². The molecule has 0 amide bonds. The predicted octanol–water partition coefficient (Wildman–Crippen LogP) is 6.78. The minimum absolute atomic E-state index is 0.0138. The molecule has 0 heterocycles. The zero-order valence-corrected chi connectivity index (χ0v) is 22.5. The predicted molar refractivity (Wildman–Crippen MR) is 146 cm³/mol. The van der Waals surface area contributed by atoms with Gasteiger partial charge in [0.25, 0.3) is 0 Å². The first-order valence-electron chi connectivity index (χ1n) is 13.5. The number of aliphatic hydroxyl groups excluding tert-OH is 1. The molecule has 2 saturated carbocycles. The van der Waals surface area contributed by atoms with Crippen molar-refractivity contribution in [1.82, 2.24) is 0 Å². The van der Waals surface area contributed by atoms with Gasteiger partial charge in [-0.1, -0.05) is 38.5 Å². The molecule has 0 aromatic heterocycles. The van der Waals surface area contributed by atoms with E-state index in [9.17, 15) is 9.90 Å². The van der Waals surface area contributed by atoms with Crippen molar-refractivity contribution >= 4 is 11.5 Å². The van der Waals surface area contributed by atoms with Crippen LogP contribution in [-0.4, -0.2) is 31.1 Å². The summed E-state index contributed by atoms with van der Waals surface area (Å²) in [4.78, 5) is 14.4. The number of carbonyl (C=O) groups is 1. The number of hydrogen-bond acceptors (Lipinski definition) is 3. The summed E-state index contributed by atoms with van der Waals surface area (Å²) in [6, 6.07) is 7.11. The fraction of sp³-hybridized carbons (Fsp3) is 0.594. The molecule has 1 aromatic rings. The topological polar surface area (TPSA) is 40.5 Å². The van der Waals surface area contributed by atoms with Gasteiger partial charge in [0.2, 0.25) is 0 Å². The van der Waals surface area contributed by atoms with E-state index in [1.807, 2.05) is 6.08 Å². The van der Waals surface area contributed by atoms with Crippen molar-refractivity contribution in [2.75, 3.05) is 19.0 Å². The summed E-state index contributed by atoms with van der Waals surface area (Å²) in [5, 5.41) is 11.1. The summed E-state index contributed by atoms with van der Waals surface area (Å²) in [6.07, 6.45) is 13.2. The van der Waals surface area contributed by atoms with Gasteiger partial charge in [0.1, 0.15) is 0 Å². The first-order chi connectivity index (χ1) is 16.6. The van der Waals surface area contributed by atoms with Crippen LogP contribution < -0.4 is 4.90 Å². The zero-order valence-electron chi connectivity index (χ0n) is 22.5. The van der Waals surface area contributed by atoms with Crippen LogP contribution in [0.1, 0.15) is 95.6 Å². The van der Waals surface area contributed by atoms with E-state index in [-0.39, 0.29) is 11.5 Å². The van der Waals surface area contributed by atoms with Gasteiger partial charge in [0.15, 0.2) is 5.78 Å². The van der Waals surface area contributed by atoms with Crippen molar-refractivity contribution in [1.29, 1.82) is 0 Å². The van der Waals surface area contributed by atoms with E-state index in [0.717, 1.165) is 38.5 Å². The Morgan fingerprint density at radius 1 is 1.14 bits per heavy atom. The largest absolute Gasteiger partial charge is 0.393 e. The third kappa shape index (κ3) is 4.51. The van der Waals surface area contributed by atoms with Gasteiger partial charge in [-0.3, -0.25) is 4.79 Å². The van der Waals surface area contributed by atoms with Crippen molar-refractivity contribution < 1.29 is 9.90 Å². The highest BCUT2D eigenvalue weighted by Crippen LogP contribution is 2.64. The standard InChI is InChI=1S/C29H39NO2.C3H4/c1-17(2)21-9-6-19(15-26(21)30(4)5)24-16-29(3)25(12-13-27(29)32)23-10-7-18-14-20(31)8-11-22(18)28(23)24;1-3-2/h6,9,14-15,17,23-25,27,32H,7-8,10-13,16H2,1-5H3;1H,2H3. The third-order valence-electron chi connectivity index (χ3n) is 9.24. The number of allylic oxidation sites excluding steroid dienone is 4. The molecule has 1 N–H and O–H groups in total. The number of nitrogens with zero attached hydrogens (tertiary/aromatic N) is 1. The van der Waals surface area contributed by atoms with Gasteiger partial charge in [0.05, 0.1) is 6.10 Å². The maximum absolute atomic E-state index is 12.2. The average Bonchev–Trinajstić information content (AvgIpc) is 3.12. The van der Waals surface area contributed by atoms with Gasteiger partial charge in [-0.05, 0) is 103 Å². The van der Waals surface area contributed by atoms with Crippen LogP contribution in [0, 0.1) is 29.6 Å². The molecule has 3 nitrogen and oxygen atoms in total. The molecular weight excluding hydrogens is 430 g/mol. The third-order valence-corrected chi connectivity index (χ3v) is 9.24. The molecule has 188 valence electrons. The molecule has 5 rings (SSSR count). The molecule has 0 spiro atoms. The lowest BCUT2D eigenvalue weighted by Gasteiger charge is -2.52. The van der Waals surface area contributed by atoms with E-state index in [2.05, 4.69) is 70.3 Å². The highest BCUT2D eigenvalue weighted by molar-refractivity contribution is 5.93. The van der Waals surface area contributed by atoms with Gasteiger partial charge in [-0.25, -0.2) is 0 Å². The second-order valence-corrected chi connectivity index (χ2v) is 11.8. The zero-order chi connectivity index (χ0) is 25.5. The van der Waals surface area contributed by atoms with E-state index in [0.29, 0.717) is 35.9 Å². The van der Waals surface area contributed by atoms with Crippen LogP contribution in [0.15, 0.2) is 41.0 Å². The molecule has 4 aliphatic carbocycles. The first-order valence-corrected chi connectivity index (χ1v) is 13.5. The van der Waals surface area contributed by atoms with E-state index in [1.54, 1.807) is 12.5 Å². The highest BCUT2D eigenvalue weighted by Gasteiger charge is 2.56. The summed E-state index contributed by atoms with van der Waals surface area (Å²) in [5.41, 5.74) is 8.50. The number of benzene rings is 1. The van der Waals surface area contributed by atoms with Crippen LogP contribution in [0.3, 0.4) is 0 Å². The Labute approximate surface area is 212 Å². The molecule has 3 heteroatoms. The van der Waals surface area contributed by atoms with E-state index in [4.69, 9.17) is 0 Å². The quantitative estimate of drug-likeness (QED) is 0.492. The number of hydrogen-bond donors (Lipinski definition) is 1. The molecule has 5 unspecified atom stereocenters. The van der Waals surface area contributed by atoms with Crippen molar-refractivity contribution in [3.05, 3.63) is 52.1 Å². The summed E-state index contributed by atoms with van der Waals surface area (Å²) in [7, 11) is 4.28. The fourth-order valence-electron chi connectivity index (χ4n) is 7.58. The minimum atomic E-state index is -0.199. The second kappa shape index (κ2) is 9.98. The molecule has 5 atom stereocenters. The number of aliphatic hydroxyl groups is 1. The molecule has 0 radical (unpaired) electrons. The van der Waals surface area contributed by atoms with Gasteiger partial charge in [-0.2, -0.15) is 0 Å². The van der Waals surface area contributed by atoms with Crippen LogP contribution in [0.5, 0.6) is 0 Å². The Morgan fingerprint density at radius 2 is 1.86 bits per heavy atom. The highest BCUT2D eigenvalue weighted by atomic mass is 16.3. The first kappa shape index (κ1) is 25.8. The van der Waals surface area contributed by atoms with Gasteiger partial charge in [0, 0.05) is 32.1 Å². The average molecular weight is 474 g/mol. The number of anilines is 1. The molecule has 0 aliphatic heterocycles. The number of ketones is 1. The summed E-state index contributed by atoms with van der Waals surface area (Å²) in [5.74, 6) is 4.48. The lowest BCUT2D eigenvalue weighted by molar-refractivity contribution is -0.114. The number of carbonyl (C=O) groups excluding carboxylic acids is 1. The Hall–Kier alpha value is -2.31. The van der Waals surface area contributed by atoms with Crippen LogP contribution in [0.4, 0.5) is 5.69 Å². The Kier molecular flexibility index (Phi) is 7.35. The molecule has 35 heavy (non-hydrogen) atoms. The van der Waals surface area contributed by atoms with Crippen LogP contribution >= 0.6 is 0 Å². The van der Waals surface area contributed by atoms with Crippen molar-refractivity contribution in [2.24, 2.45) is 17.3 Å². The lowest BCUT2D eigenvalue weighted by Crippen LogP contribution is -2.45. The summed E-state index contributed by atoms with van der Waals surface area (Å²) < 4.78 is 0. The summed E-state index contributed by atoms with van der Waals surface area (Å²) >= 11 is 0. The Balaban J connectivity index is 0.000000917. The van der Waals surface area contributed by atoms with Gasteiger partial charge in [-0.15, -0.1) is 12.3 Å². The number of terminal acetylenes is 1. The van der Waals surface area contributed by atoms with Gasteiger partial charge < -0.3 is 10.0 Å². The molecule has 2 fully saturated rings. The van der Waals surface area contributed by atoms with Crippen molar-refractivity contribution in [2.45, 2.75) is 90.6 Å². The normalized spacial score (nSPS) is 31.5. The number of rotatable bonds is 3. The molecular formula is C32H43NO2. The minimum Gasteiger partial charge on any atom is -0.393 e. The lowest BCUT2D eigenvalue weighted by atomic mass is 9.53.